The van der Waals surface area contributed by atoms with Crippen molar-refractivity contribution in [2.24, 2.45) is 34.5 Å². The maximum Gasteiger partial charge on any atom is 0.139 e. The molecule has 2 heteroatoms. The van der Waals surface area contributed by atoms with E-state index in [1.807, 2.05) is 6.08 Å². The summed E-state index contributed by atoms with van der Waals surface area (Å²) in [5.41, 5.74) is 1.59. The van der Waals surface area contributed by atoms with Crippen LogP contribution in [0.1, 0.15) is 71.6 Å². The summed E-state index contributed by atoms with van der Waals surface area (Å²) < 4.78 is 0. The zero-order valence-corrected chi connectivity index (χ0v) is 14.6. The molecule has 4 saturated carbocycles. The van der Waals surface area contributed by atoms with Gasteiger partial charge in [0.1, 0.15) is 5.78 Å². The lowest BCUT2D eigenvalue weighted by Crippen LogP contribution is -2.55. The second-order valence-electron chi connectivity index (χ2n) is 9.04. The topological polar surface area (TPSA) is 40.9 Å². The first kappa shape index (κ1) is 15.4. The summed E-state index contributed by atoms with van der Waals surface area (Å²) in [6.45, 7) is 4.72. The molecule has 0 spiro atoms. The van der Waals surface area contributed by atoms with E-state index in [0.717, 1.165) is 19.3 Å². The number of carbonyl (C=O) groups is 1. The van der Waals surface area contributed by atoms with Gasteiger partial charge < -0.3 is 0 Å². The van der Waals surface area contributed by atoms with Gasteiger partial charge in [-0.15, -0.1) is 0 Å². The normalized spacial score (nSPS) is 50.8. The van der Waals surface area contributed by atoms with E-state index in [1.165, 1.54) is 44.1 Å². The van der Waals surface area contributed by atoms with Crippen molar-refractivity contribution in [2.45, 2.75) is 71.6 Å². The zero-order chi connectivity index (χ0) is 16.2. The molecule has 0 heterocycles. The van der Waals surface area contributed by atoms with Crippen molar-refractivity contribution in [1.29, 1.82) is 5.26 Å². The molecule has 0 aromatic heterocycles. The fraction of sp³-hybridized carbons (Fsp3) is 0.810. The van der Waals surface area contributed by atoms with Crippen molar-refractivity contribution in [3.63, 3.8) is 0 Å². The van der Waals surface area contributed by atoms with Gasteiger partial charge in [0.05, 0.1) is 6.07 Å². The number of nitrogens with zero attached hydrogens (tertiary/aromatic N) is 1. The first-order valence-corrected chi connectivity index (χ1v) is 9.64. The molecule has 0 radical (unpaired) electrons. The van der Waals surface area contributed by atoms with Crippen LogP contribution in [0.2, 0.25) is 0 Å². The molecule has 4 aliphatic carbocycles. The SMILES string of the molecule is C[C@]12C(=O)CCCC1CC[C@@H]1[C@@H]2CC[C@]2(C)C(=CC#N)CC[C@@H]12. The maximum absolute atomic E-state index is 12.9. The van der Waals surface area contributed by atoms with Crippen LogP contribution in [0.15, 0.2) is 11.6 Å². The number of fused-ring (bicyclic) bond motifs is 5. The molecular weight excluding hydrogens is 282 g/mol. The molecule has 4 rings (SSSR count). The number of ketones is 1. The number of Topliss-reactive ketones (excluding diaryl/α,β-unsaturated/α-hetero) is 1. The van der Waals surface area contributed by atoms with Crippen LogP contribution in [0.25, 0.3) is 0 Å². The van der Waals surface area contributed by atoms with Crippen LogP contribution in [-0.4, -0.2) is 5.78 Å². The van der Waals surface area contributed by atoms with E-state index in [1.54, 1.807) is 0 Å². The van der Waals surface area contributed by atoms with E-state index in [-0.39, 0.29) is 10.8 Å². The summed E-state index contributed by atoms with van der Waals surface area (Å²) in [5, 5.41) is 9.12. The van der Waals surface area contributed by atoms with Crippen LogP contribution in [0.3, 0.4) is 0 Å². The van der Waals surface area contributed by atoms with Crippen LogP contribution in [0.5, 0.6) is 0 Å². The van der Waals surface area contributed by atoms with E-state index in [9.17, 15) is 4.79 Å². The largest absolute Gasteiger partial charge is 0.299 e. The number of nitriles is 1. The van der Waals surface area contributed by atoms with Gasteiger partial charge in [-0.1, -0.05) is 19.4 Å². The Morgan fingerprint density at radius 3 is 2.70 bits per heavy atom. The minimum atomic E-state index is -0.0375. The van der Waals surface area contributed by atoms with Crippen LogP contribution in [0, 0.1) is 45.8 Å². The molecule has 0 saturated heterocycles. The molecule has 2 nitrogen and oxygen atoms in total. The number of hydrogen-bond donors (Lipinski definition) is 0. The van der Waals surface area contributed by atoms with Gasteiger partial charge in [0.15, 0.2) is 0 Å². The molecule has 0 bridgehead atoms. The lowest BCUT2D eigenvalue weighted by Gasteiger charge is -2.59. The van der Waals surface area contributed by atoms with Gasteiger partial charge >= 0.3 is 0 Å². The molecule has 0 aromatic carbocycles. The van der Waals surface area contributed by atoms with Gasteiger partial charge in [-0.2, -0.15) is 5.26 Å². The molecule has 0 aromatic rings. The summed E-state index contributed by atoms with van der Waals surface area (Å²) in [7, 11) is 0. The third kappa shape index (κ3) is 1.95. The van der Waals surface area contributed by atoms with Gasteiger partial charge in [0, 0.05) is 17.9 Å². The van der Waals surface area contributed by atoms with Crippen LogP contribution < -0.4 is 0 Å². The molecule has 4 aliphatic rings. The Kier molecular flexibility index (Phi) is 3.49. The predicted octanol–water partition coefficient (Wildman–Crippen LogP) is 5.05. The zero-order valence-electron chi connectivity index (χ0n) is 14.6. The molecule has 6 atom stereocenters. The Morgan fingerprint density at radius 2 is 1.91 bits per heavy atom. The lowest BCUT2D eigenvalue weighted by molar-refractivity contribution is -0.153. The highest BCUT2D eigenvalue weighted by molar-refractivity contribution is 5.86. The third-order valence-corrected chi connectivity index (χ3v) is 8.55. The van der Waals surface area contributed by atoms with Gasteiger partial charge in [0.2, 0.25) is 0 Å². The lowest BCUT2D eigenvalue weighted by atomic mass is 9.45. The first-order valence-electron chi connectivity index (χ1n) is 9.64. The van der Waals surface area contributed by atoms with Gasteiger partial charge in [0.25, 0.3) is 0 Å². The van der Waals surface area contributed by atoms with Crippen molar-refractivity contribution in [2.75, 3.05) is 0 Å². The average Bonchev–Trinajstić information content (AvgIpc) is 2.86. The Morgan fingerprint density at radius 1 is 1.09 bits per heavy atom. The van der Waals surface area contributed by atoms with Gasteiger partial charge in [-0.05, 0) is 80.5 Å². The standard InChI is InChI=1S/C21H29NO/c1-20-12-10-18-16(17(20)9-7-14(20)11-13-22)8-6-15-4-3-5-19(23)21(15,18)2/h11,15-18H,3-10,12H2,1-2H3/t15?,16-,17-,18-,20+,21-/m0/s1. The number of rotatable bonds is 0. The summed E-state index contributed by atoms with van der Waals surface area (Å²) in [6, 6.07) is 2.28. The molecule has 1 unspecified atom stereocenters. The van der Waals surface area contributed by atoms with Crippen LogP contribution in [0.4, 0.5) is 0 Å². The van der Waals surface area contributed by atoms with Gasteiger partial charge in [-0.3, -0.25) is 4.79 Å². The number of allylic oxidation sites excluding steroid dienone is 2. The minimum Gasteiger partial charge on any atom is -0.299 e. The second-order valence-corrected chi connectivity index (χ2v) is 9.04. The quantitative estimate of drug-likeness (QED) is 0.587. The van der Waals surface area contributed by atoms with E-state index in [0.29, 0.717) is 29.5 Å². The van der Waals surface area contributed by atoms with Crippen LogP contribution in [-0.2, 0) is 4.79 Å². The summed E-state index contributed by atoms with van der Waals surface area (Å²) >= 11 is 0. The maximum atomic E-state index is 12.9. The number of carbonyl (C=O) groups excluding carboxylic acids is 1. The molecule has 0 N–H and O–H groups in total. The highest BCUT2D eigenvalue weighted by atomic mass is 16.1. The highest BCUT2D eigenvalue weighted by Gasteiger charge is 2.60. The molecular formula is C21H29NO. The Hall–Kier alpha value is -1.10. The summed E-state index contributed by atoms with van der Waals surface area (Å²) in [5.74, 6) is 3.23. The Balaban J connectivity index is 1.69. The van der Waals surface area contributed by atoms with Crippen molar-refractivity contribution in [3.8, 4) is 6.07 Å². The minimum absolute atomic E-state index is 0.0375. The van der Waals surface area contributed by atoms with E-state index >= 15 is 0 Å². The summed E-state index contributed by atoms with van der Waals surface area (Å²) in [6.07, 6.45) is 12.3. The Labute approximate surface area is 140 Å². The van der Waals surface area contributed by atoms with E-state index in [2.05, 4.69) is 19.9 Å². The van der Waals surface area contributed by atoms with Crippen LogP contribution >= 0.6 is 0 Å². The molecule has 0 amide bonds. The second kappa shape index (κ2) is 5.20. The fourth-order valence-corrected chi connectivity index (χ4v) is 7.25. The van der Waals surface area contributed by atoms with Gasteiger partial charge in [-0.25, -0.2) is 0 Å². The fourth-order valence-electron chi connectivity index (χ4n) is 7.25. The molecule has 23 heavy (non-hydrogen) atoms. The van der Waals surface area contributed by atoms with Crippen molar-refractivity contribution >= 4 is 5.78 Å². The molecule has 0 aliphatic heterocycles. The summed E-state index contributed by atoms with van der Waals surface area (Å²) in [4.78, 5) is 12.9. The van der Waals surface area contributed by atoms with Crippen molar-refractivity contribution in [3.05, 3.63) is 11.6 Å². The Bertz CT molecular complexity index is 599. The molecule has 124 valence electrons. The highest BCUT2D eigenvalue weighted by Crippen LogP contribution is 2.66. The van der Waals surface area contributed by atoms with E-state index < -0.39 is 0 Å². The number of hydrogen-bond acceptors (Lipinski definition) is 2. The third-order valence-electron chi connectivity index (χ3n) is 8.55. The smallest absolute Gasteiger partial charge is 0.139 e. The van der Waals surface area contributed by atoms with Crippen molar-refractivity contribution < 1.29 is 4.79 Å². The average molecular weight is 311 g/mol. The predicted molar refractivity (Wildman–Crippen MR) is 90.4 cm³/mol. The monoisotopic (exact) mass is 311 g/mol. The molecule has 4 fully saturated rings. The van der Waals surface area contributed by atoms with E-state index in [4.69, 9.17) is 5.26 Å². The first-order chi connectivity index (χ1) is 11.0. The van der Waals surface area contributed by atoms with Crippen molar-refractivity contribution in [1.82, 2.24) is 0 Å².